The molecule has 0 N–H and O–H groups in total. The summed E-state index contributed by atoms with van der Waals surface area (Å²) in [4.78, 5) is 5.28. The number of rotatable bonds is 5. The molecule has 0 saturated heterocycles. The zero-order valence-electron chi connectivity index (χ0n) is 10.4. The van der Waals surface area contributed by atoms with Crippen LogP contribution in [0.5, 0.6) is 0 Å². The highest BCUT2D eigenvalue weighted by Gasteiger charge is 1.94. The van der Waals surface area contributed by atoms with Crippen LogP contribution in [0.3, 0.4) is 0 Å². The van der Waals surface area contributed by atoms with E-state index in [1.807, 2.05) is 54.6 Å². The summed E-state index contributed by atoms with van der Waals surface area (Å²) in [5, 5.41) is 3.96. The van der Waals surface area contributed by atoms with Gasteiger partial charge in [-0.3, -0.25) is 0 Å². The Kier molecular flexibility index (Phi) is 4.93. The van der Waals surface area contributed by atoms with Crippen LogP contribution in [0.1, 0.15) is 16.7 Å². The van der Waals surface area contributed by atoms with Crippen molar-refractivity contribution in [1.82, 2.24) is 0 Å². The van der Waals surface area contributed by atoms with Crippen molar-refractivity contribution in [3.8, 4) is 0 Å². The molecule has 0 saturated carbocycles. The number of hydrogen-bond donors (Lipinski definition) is 0. The van der Waals surface area contributed by atoms with Gasteiger partial charge in [-0.15, -0.1) is 0 Å². The monoisotopic (exact) mass is 315 g/mol. The van der Waals surface area contributed by atoms with Crippen molar-refractivity contribution in [1.29, 1.82) is 0 Å². The summed E-state index contributed by atoms with van der Waals surface area (Å²) in [5.41, 5.74) is 3.15. The molecule has 2 rings (SSSR count). The van der Waals surface area contributed by atoms with Crippen LogP contribution in [0.25, 0.3) is 6.08 Å². The largest absolute Gasteiger partial charge is 0.391 e. The number of halogens is 1. The molecule has 0 bridgehead atoms. The molecule has 2 nitrogen and oxygen atoms in total. The lowest BCUT2D eigenvalue weighted by Gasteiger charge is -2.01. The fraction of sp³-hybridized carbons (Fsp3) is 0.0625. The minimum absolute atomic E-state index is 0.451. The van der Waals surface area contributed by atoms with E-state index in [4.69, 9.17) is 4.84 Å². The molecular formula is C16H14BrNO. The summed E-state index contributed by atoms with van der Waals surface area (Å²) in [7, 11) is 0. The Labute approximate surface area is 121 Å². The maximum atomic E-state index is 5.28. The molecule has 0 fully saturated rings. The fourth-order valence-corrected chi connectivity index (χ4v) is 2.02. The minimum Gasteiger partial charge on any atom is -0.391 e. The Morgan fingerprint density at radius 3 is 2.68 bits per heavy atom. The zero-order valence-corrected chi connectivity index (χ0v) is 12.0. The van der Waals surface area contributed by atoms with Crippen LogP contribution in [0.15, 0.2) is 64.7 Å². The molecule has 0 radical (unpaired) electrons. The average molecular weight is 316 g/mol. The van der Waals surface area contributed by atoms with Gasteiger partial charge in [0.1, 0.15) is 6.61 Å². The van der Waals surface area contributed by atoms with Crippen molar-refractivity contribution in [2.24, 2.45) is 5.16 Å². The van der Waals surface area contributed by atoms with Gasteiger partial charge in [0.2, 0.25) is 0 Å². The van der Waals surface area contributed by atoms with Gasteiger partial charge < -0.3 is 4.84 Å². The van der Waals surface area contributed by atoms with Crippen LogP contribution in [0.4, 0.5) is 0 Å². The minimum atomic E-state index is 0.451. The number of oxime groups is 1. The van der Waals surface area contributed by atoms with Gasteiger partial charge in [-0.1, -0.05) is 64.1 Å². The Hall–Kier alpha value is -1.87. The van der Waals surface area contributed by atoms with Crippen molar-refractivity contribution in [2.45, 2.75) is 6.61 Å². The molecule has 2 aromatic carbocycles. The van der Waals surface area contributed by atoms with Gasteiger partial charge in [0.25, 0.3) is 0 Å². The van der Waals surface area contributed by atoms with E-state index in [1.54, 1.807) is 6.21 Å². The average Bonchev–Trinajstić information content (AvgIpc) is 2.44. The standard InChI is InChI=1S/C16H14BrNO/c1-2-13-5-3-7-15(9-13)12-19-18-11-14-6-4-8-16(17)10-14/h2-11H,1,12H2. The van der Waals surface area contributed by atoms with Gasteiger partial charge in [-0.2, -0.15) is 0 Å². The van der Waals surface area contributed by atoms with Gasteiger partial charge in [0.15, 0.2) is 0 Å². The lowest BCUT2D eigenvalue weighted by Crippen LogP contribution is -1.89. The molecule has 0 aliphatic carbocycles. The van der Waals surface area contributed by atoms with E-state index in [1.165, 1.54) is 0 Å². The van der Waals surface area contributed by atoms with Crippen molar-refractivity contribution < 1.29 is 4.84 Å². The first-order valence-electron chi connectivity index (χ1n) is 5.90. The molecule has 0 amide bonds. The normalized spacial score (nSPS) is 10.6. The molecule has 0 unspecified atom stereocenters. The Balaban J connectivity index is 1.91. The lowest BCUT2D eigenvalue weighted by atomic mass is 10.1. The summed E-state index contributed by atoms with van der Waals surface area (Å²) in [6.45, 7) is 4.19. The van der Waals surface area contributed by atoms with Crippen molar-refractivity contribution >= 4 is 28.2 Å². The maximum Gasteiger partial charge on any atom is 0.142 e. The first-order valence-corrected chi connectivity index (χ1v) is 6.69. The summed E-state index contributed by atoms with van der Waals surface area (Å²) in [5.74, 6) is 0. The van der Waals surface area contributed by atoms with Crippen molar-refractivity contribution in [3.05, 3.63) is 76.3 Å². The third-order valence-corrected chi connectivity index (χ3v) is 3.04. The molecular weight excluding hydrogens is 302 g/mol. The van der Waals surface area contributed by atoms with Crippen LogP contribution in [-0.4, -0.2) is 6.21 Å². The van der Waals surface area contributed by atoms with E-state index >= 15 is 0 Å². The molecule has 0 atom stereocenters. The van der Waals surface area contributed by atoms with Crippen LogP contribution >= 0.6 is 15.9 Å². The maximum absolute atomic E-state index is 5.28. The third-order valence-electron chi connectivity index (χ3n) is 2.54. The van der Waals surface area contributed by atoms with E-state index in [0.717, 1.165) is 21.2 Å². The van der Waals surface area contributed by atoms with Gasteiger partial charge in [-0.05, 0) is 34.9 Å². The molecule has 3 heteroatoms. The lowest BCUT2D eigenvalue weighted by molar-refractivity contribution is 0.132. The SMILES string of the molecule is C=Cc1cccc(CON=Cc2cccc(Br)c2)c1. The fourth-order valence-electron chi connectivity index (χ4n) is 1.61. The summed E-state index contributed by atoms with van der Waals surface area (Å²) in [6, 6.07) is 15.9. The second-order valence-electron chi connectivity index (χ2n) is 4.01. The van der Waals surface area contributed by atoms with Gasteiger partial charge in [-0.25, -0.2) is 0 Å². The van der Waals surface area contributed by atoms with Crippen LogP contribution in [0, 0.1) is 0 Å². The summed E-state index contributed by atoms with van der Waals surface area (Å²) >= 11 is 3.41. The van der Waals surface area contributed by atoms with Gasteiger partial charge >= 0.3 is 0 Å². The molecule has 0 heterocycles. The van der Waals surface area contributed by atoms with Crippen molar-refractivity contribution in [3.63, 3.8) is 0 Å². The van der Waals surface area contributed by atoms with E-state index in [9.17, 15) is 0 Å². The third kappa shape index (κ3) is 4.38. The Bertz CT molecular complexity index is 593. The first-order chi connectivity index (χ1) is 9.28. The highest BCUT2D eigenvalue weighted by molar-refractivity contribution is 9.10. The predicted octanol–water partition coefficient (Wildman–Crippen LogP) is 4.64. The Morgan fingerprint density at radius 1 is 1.11 bits per heavy atom. The molecule has 96 valence electrons. The van der Waals surface area contributed by atoms with Crippen LogP contribution in [0.2, 0.25) is 0 Å². The second kappa shape index (κ2) is 6.90. The van der Waals surface area contributed by atoms with E-state index < -0.39 is 0 Å². The van der Waals surface area contributed by atoms with Crippen LogP contribution < -0.4 is 0 Å². The Morgan fingerprint density at radius 2 is 1.89 bits per heavy atom. The molecule has 0 spiro atoms. The highest BCUT2D eigenvalue weighted by Crippen LogP contribution is 2.10. The number of benzene rings is 2. The second-order valence-corrected chi connectivity index (χ2v) is 4.93. The van der Waals surface area contributed by atoms with Crippen LogP contribution in [-0.2, 0) is 11.4 Å². The summed E-state index contributed by atoms with van der Waals surface area (Å²) < 4.78 is 1.02. The van der Waals surface area contributed by atoms with E-state index in [-0.39, 0.29) is 0 Å². The predicted molar refractivity (Wildman–Crippen MR) is 83.1 cm³/mol. The molecule has 19 heavy (non-hydrogen) atoms. The number of nitrogens with zero attached hydrogens (tertiary/aromatic N) is 1. The van der Waals surface area contributed by atoms with Crippen molar-refractivity contribution in [2.75, 3.05) is 0 Å². The zero-order chi connectivity index (χ0) is 13.5. The quantitative estimate of drug-likeness (QED) is 0.581. The molecule has 2 aromatic rings. The highest BCUT2D eigenvalue weighted by atomic mass is 79.9. The molecule has 0 aliphatic rings. The smallest absolute Gasteiger partial charge is 0.142 e. The number of hydrogen-bond acceptors (Lipinski definition) is 2. The van der Waals surface area contributed by atoms with E-state index in [0.29, 0.717) is 6.61 Å². The van der Waals surface area contributed by atoms with Gasteiger partial charge in [0.05, 0.1) is 6.21 Å². The molecule has 0 aromatic heterocycles. The van der Waals surface area contributed by atoms with Gasteiger partial charge in [0, 0.05) is 4.47 Å². The topological polar surface area (TPSA) is 21.6 Å². The van der Waals surface area contributed by atoms with E-state index in [2.05, 4.69) is 27.7 Å². The summed E-state index contributed by atoms with van der Waals surface area (Å²) in [6.07, 6.45) is 3.51. The first kappa shape index (κ1) is 13.6. The molecule has 0 aliphatic heterocycles.